The van der Waals surface area contributed by atoms with Gasteiger partial charge in [0.2, 0.25) is 0 Å². The van der Waals surface area contributed by atoms with Crippen LogP contribution in [0, 0.1) is 3.57 Å². The fourth-order valence-corrected chi connectivity index (χ4v) is 2.55. The van der Waals surface area contributed by atoms with Gasteiger partial charge in [0.05, 0.1) is 11.6 Å². The van der Waals surface area contributed by atoms with E-state index in [4.69, 9.17) is 4.74 Å². The molecular formula is C16H12BrIO3. The Morgan fingerprint density at radius 2 is 1.95 bits per heavy atom. The highest BCUT2D eigenvalue weighted by atomic mass is 127. The summed E-state index contributed by atoms with van der Waals surface area (Å²) in [7, 11) is 1.48. The van der Waals surface area contributed by atoms with Crippen LogP contribution in [-0.2, 0) is 0 Å². The van der Waals surface area contributed by atoms with E-state index in [1.165, 1.54) is 13.2 Å². The molecule has 0 saturated heterocycles. The third-order valence-corrected chi connectivity index (χ3v) is 4.15. The topological polar surface area (TPSA) is 46.5 Å². The maximum atomic E-state index is 12.1. The second-order valence-corrected chi connectivity index (χ2v) is 6.36. The highest BCUT2D eigenvalue weighted by Gasteiger charge is 2.07. The molecule has 3 nitrogen and oxygen atoms in total. The van der Waals surface area contributed by atoms with Crippen LogP contribution >= 0.6 is 38.5 Å². The molecule has 0 amide bonds. The molecule has 2 rings (SSSR count). The van der Waals surface area contributed by atoms with Crippen molar-refractivity contribution in [2.75, 3.05) is 7.11 Å². The Hall–Kier alpha value is -1.34. The molecule has 5 heteroatoms. The highest BCUT2D eigenvalue weighted by molar-refractivity contribution is 14.1. The first-order valence-corrected chi connectivity index (χ1v) is 7.93. The number of phenolic OH excluding ortho intramolecular Hbond substituents is 1. The molecule has 21 heavy (non-hydrogen) atoms. The van der Waals surface area contributed by atoms with E-state index in [-0.39, 0.29) is 11.5 Å². The molecule has 0 bridgehead atoms. The minimum absolute atomic E-state index is 0.0404. The second kappa shape index (κ2) is 7.09. The summed E-state index contributed by atoms with van der Waals surface area (Å²) in [4.78, 5) is 12.1. The van der Waals surface area contributed by atoms with E-state index in [2.05, 4.69) is 38.5 Å². The number of ketones is 1. The van der Waals surface area contributed by atoms with Crippen molar-refractivity contribution in [2.45, 2.75) is 0 Å². The lowest BCUT2D eigenvalue weighted by Crippen LogP contribution is -1.93. The summed E-state index contributed by atoms with van der Waals surface area (Å²) in [6.45, 7) is 0. The number of aromatic hydroxyl groups is 1. The summed E-state index contributed by atoms with van der Waals surface area (Å²) in [6, 6.07) is 10.8. The number of rotatable bonds is 4. The molecule has 108 valence electrons. The molecule has 0 aliphatic carbocycles. The van der Waals surface area contributed by atoms with Crippen LogP contribution in [0.3, 0.4) is 0 Å². The van der Waals surface area contributed by atoms with E-state index in [0.717, 1.165) is 9.13 Å². The van der Waals surface area contributed by atoms with E-state index in [9.17, 15) is 9.90 Å². The number of ether oxygens (including phenoxy) is 1. The lowest BCUT2D eigenvalue weighted by atomic mass is 10.1. The molecule has 0 unspecified atom stereocenters. The summed E-state index contributed by atoms with van der Waals surface area (Å²) in [6.07, 6.45) is 3.19. The zero-order valence-electron chi connectivity index (χ0n) is 11.1. The predicted molar refractivity (Wildman–Crippen MR) is 94.9 cm³/mol. The zero-order chi connectivity index (χ0) is 15.4. The molecule has 2 aromatic rings. The van der Waals surface area contributed by atoms with E-state index in [0.29, 0.717) is 15.8 Å². The van der Waals surface area contributed by atoms with E-state index in [1.54, 1.807) is 30.3 Å². The first kappa shape index (κ1) is 16.0. The molecular weight excluding hydrogens is 447 g/mol. The van der Waals surface area contributed by atoms with Crippen molar-refractivity contribution < 1.29 is 14.6 Å². The van der Waals surface area contributed by atoms with Crippen LogP contribution in [0.25, 0.3) is 6.08 Å². The van der Waals surface area contributed by atoms with Gasteiger partial charge in [0.25, 0.3) is 0 Å². The average Bonchev–Trinajstić information content (AvgIpc) is 2.48. The first-order chi connectivity index (χ1) is 10.0. The van der Waals surface area contributed by atoms with Gasteiger partial charge in [-0.25, -0.2) is 0 Å². The molecule has 2 aromatic carbocycles. The first-order valence-electron chi connectivity index (χ1n) is 6.05. The highest BCUT2D eigenvalue weighted by Crippen LogP contribution is 2.35. The van der Waals surface area contributed by atoms with Gasteiger partial charge in [-0.1, -0.05) is 18.2 Å². The summed E-state index contributed by atoms with van der Waals surface area (Å²) in [5.74, 6) is 0.318. The molecule has 0 aliphatic rings. The van der Waals surface area contributed by atoms with Crippen LogP contribution in [0.15, 0.2) is 46.9 Å². The number of carbonyl (C=O) groups is 1. The summed E-state index contributed by atoms with van der Waals surface area (Å²) in [5, 5.41) is 9.74. The van der Waals surface area contributed by atoms with Crippen molar-refractivity contribution in [3.05, 3.63) is 61.6 Å². The van der Waals surface area contributed by atoms with Crippen LogP contribution in [0.1, 0.15) is 15.9 Å². The predicted octanol–water partition coefficient (Wildman–Crippen LogP) is 4.66. The Bertz CT molecular complexity index is 693. The van der Waals surface area contributed by atoms with Crippen molar-refractivity contribution in [1.29, 1.82) is 0 Å². The van der Waals surface area contributed by atoms with Crippen molar-refractivity contribution >= 4 is 50.4 Å². The van der Waals surface area contributed by atoms with Crippen LogP contribution in [0.5, 0.6) is 11.5 Å². The summed E-state index contributed by atoms with van der Waals surface area (Å²) < 4.78 is 6.67. The molecule has 0 atom stereocenters. The minimum atomic E-state index is -0.0745. The summed E-state index contributed by atoms with van der Waals surface area (Å²) >= 11 is 5.44. The van der Waals surface area contributed by atoms with Crippen LogP contribution in [0.2, 0.25) is 0 Å². The van der Waals surface area contributed by atoms with Crippen molar-refractivity contribution in [2.24, 2.45) is 0 Å². The Morgan fingerprint density at radius 1 is 1.29 bits per heavy atom. The molecule has 0 spiro atoms. The number of methoxy groups -OCH3 is 1. The SMILES string of the molecule is COc1cc(C=CC(=O)c2ccc(I)cc2)cc(Br)c1O. The van der Waals surface area contributed by atoms with Gasteiger partial charge in [-0.2, -0.15) is 0 Å². The van der Waals surface area contributed by atoms with Crippen LogP contribution < -0.4 is 4.74 Å². The van der Waals surface area contributed by atoms with Gasteiger partial charge in [0.1, 0.15) is 0 Å². The van der Waals surface area contributed by atoms with Gasteiger partial charge >= 0.3 is 0 Å². The zero-order valence-corrected chi connectivity index (χ0v) is 14.9. The molecule has 0 saturated carbocycles. The second-order valence-electron chi connectivity index (χ2n) is 4.26. The lowest BCUT2D eigenvalue weighted by molar-refractivity contribution is 0.104. The van der Waals surface area contributed by atoms with Crippen molar-refractivity contribution in [3.63, 3.8) is 0 Å². The van der Waals surface area contributed by atoms with E-state index >= 15 is 0 Å². The summed E-state index contributed by atoms with van der Waals surface area (Å²) in [5.41, 5.74) is 1.40. The molecule has 0 radical (unpaired) electrons. The van der Waals surface area contributed by atoms with Crippen molar-refractivity contribution in [3.8, 4) is 11.5 Å². The molecule has 1 N–H and O–H groups in total. The van der Waals surface area contributed by atoms with Gasteiger partial charge < -0.3 is 9.84 Å². The van der Waals surface area contributed by atoms with E-state index < -0.39 is 0 Å². The Kier molecular flexibility index (Phi) is 5.41. The third-order valence-electron chi connectivity index (χ3n) is 2.83. The minimum Gasteiger partial charge on any atom is -0.503 e. The molecule has 0 fully saturated rings. The fourth-order valence-electron chi connectivity index (χ4n) is 1.73. The normalized spacial score (nSPS) is 10.8. The number of halogens is 2. The van der Waals surface area contributed by atoms with Gasteiger partial charge in [0, 0.05) is 9.13 Å². The average molecular weight is 459 g/mol. The number of allylic oxidation sites excluding steroid dienone is 1. The van der Waals surface area contributed by atoms with Crippen LogP contribution in [-0.4, -0.2) is 18.0 Å². The molecule has 0 aliphatic heterocycles. The largest absolute Gasteiger partial charge is 0.503 e. The monoisotopic (exact) mass is 458 g/mol. The Morgan fingerprint density at radius 3 is 2.57 bits per heavy atom. The number of benzene rings is 2. The number of hydrogen-bond donors (Lipinski definition) is 1. The Balaban J connectivity index is 2.23. The molecule has 0 aromatic heterocycles. The maximum Gasteiger partial charge on any atom is 0.185 e. The Labute approximate surface area is 144 Å². The van der Waals surface area contributed by atoms with E-state index in [1.807, 2.05) is 12.1 Å². The van der Waals surface area contributed by atoms with Gasteiger partial charge in [0.15, 0.2) is 17.3 Å². The number of hydrogen-bond acceptors (Lipinski definition) is 3. The van der Waals surface area contributed by atoms with Gasteiger partial charge in [-0.3, -0.25) is 4.79 Å². The third kappa shape index (κ3) is 4.07. The number of carbonyl (C=O) groups excluding carboxylic acids is 1. The van der Waals surface area contributed by atoms with Crippen molar-refractivity contribution in [1.82, 2.24) is 0 Å². The van der Waals surface area contributed by atoms with Gasteiger partial charge in [-0.15, -0.1) is 0 Å². The smallest absolute Gasteiger partial charge is 0.185 e. The van der Waals surface area contributed by atoms with Gasteiger partial charge in [-0.05, 0) is 74.4 Å². The maximum absolute atomic E-state index is 12.1. The standard InChI is InChI=1S/C16H12BrIO3/c1-21-15-9-10(8-13(17)16(15)20)2-7-14(19)11-3-5-12(18)6-4-11/h2-9,20H,1H3. The fraction of sp³-hybridized carbons (Fsp3) is 0.0625. The van der Waals surface area contributed by atoms with Crippen LogP contribution in [0.4, 0.5) is 0 Å². The number of phenols is 1. The lowest BCUT2D eigenvalue weighted by Gasteiger charge is -2.06. The molecule has 0 heterocycles. The quantitative estimate of drug-likeness (QED) is 0.411.